The number of rotatable bonds is 2. The van der Waals surface area contributed by atoms with Gasteiger partial charge in [-0.1, -0.05) is 30.3 Å². The highest BCUT2D eigenvalue weighted by Crippen LogP contribution is 2.31. The highest BCUT2D eigenvalue weighted by molar-refractivity contribution is 5.97. The van der Waals surface area contributed by atoms with Crippen LogP contribution in [0.25, 0.3) is 38.8 Å². The molecule has 4 nitrogen and oxygen atoms in total. The quantitative estimate of drug-likeness (QED) is 0.522. The van der Waals surface area contributed by atoms with Gasteiger partial charge in [-0.05, 0) is 48.4 Å². The maximum absolute atomic E-state index is 4.56. The number of fused-ring (bicyclic) bond motifs is 2. The first-order chi connectivity index (χ1) is 11.9. The van der Waals surface area contributed by atoms with E-state index < -0.39 is 0 Å². The Kier molecular flexibility index (Phi) is 3.03. The smallest absolute Gasteiger partial charge is 0.116 e. The highest BCUT2D eigenvalue weighted by atomic mass is 15.1. The fourth-order valence-corrected chi connectivity index (χ4v) is 3.50. The van der Waals surface area contributed by atoms with Crippen molar-refractivity contribution in [2.24, 2.45) is 0 Å². The molecule has 3 heterocycles. The number of benzene rings is 2. The van der Waals surface area contributed by atoms with E-state index in [0.29, 0.717) is 0 Å². The molecule has 4 heteroatoms. The summed E-state index contributed by atoms with van der Waals surface area (Å²) in [7, 11) is 0. The molecular weight excluding hydrogens is 296 g/mol. The number of nitrogens with zero attached hydrogens (tertiary/aromatic N) is 1. The molecule has 5 rings (SSSR count). The molecule has 24 heavy (non-hydrogen) atoms. The fraction of sp³-hybridized carbons (Fsp3) is 0.150. The van der Waals surface area contributed by atoms with E-state index in [4.69, 9.17) is 0 Å². The molecule has 0 atom stereocenters. The van der Waals surface area contributed by atoms with Crippen molar-refractivity contribution in [3.8, 4) is 11.4 Å². The van der Waals surface area contributed by atoms with Gasteiger partial charge in [-0.3, -0.25) is 5.10 Å². The van der Waals surface area contributed by atoms with Gasteiger partial charge in [0.1, 0.15) is 5.69 Å². The predicted molar refractivity (Wildman–Crippen MR) is 98.9 cm³/mol. The van der Waals surface area contributed by atoms with Crippen molar-refractivity contribution in [1.29, 1.82) is 0 Å². The Labute approximate surface area is 139 Å². The SMILES string of the molecule is C1=C(c2ccc3[nH]nc(-c4cc5ccccc5[nH]4)c3c2)CCNC1. The zero-order chi connectivity index (χ0) is 15.9. The largest absolute Gasteiger partial charge is 0.353 e. The lowest BCUT2D eigenvalue weighted by molar-refractivity contribution is 0.739. The summed E-state index contributed by atoms with van der Waals surface area (Å²) in [5, 5.41) is 13.5. The number of hydrogen-bond donors (Lipinski definition) is 3. The van der Waals surface area contributed by atoms with Gasteiger partial charge in [0.2, 0.25) is 0 Å². The molecule has 0 aliphatic carbocycles. The molecule has 4 aromatic rings. The van der Waals surface area contributed by atoms with E-state index in [2.05, 4.69) is 69.0 Å². The molecule has 2 aromatic heterocycles. The third-order valence-corrected chi connectivity index (χ3v) is 4.78. The van der Waals surface area contributed by atoms with E-state index in [1.54, 1.807) is 0 Å². The Balaban J connectivity index is 1.66. The van der Waals surface area contributed by atoms with Crippen LogP contribution in [0.4, 0.5) is 0 Å². The Bertz CT molecular complexity index is 1030. The number of aromatic amines is 2. The molecule has 3 N–H and O–H groups in total. The zero-order valence-corrected chi connectivity index (χ0v) is 13.3. The van der Waals surface area contributed by atoms with Gasteiger partial charge in [-0.2, -0.15) is 5.10 Å². The minimum atomic E-state index is 0.952. The van der Waals surface area contributed by atoms with Crippen LogP contribution in [0.1, 0.15) is 12.0 Å². The Hall–Kier alpha value is -2.85. The van der Waals surface area contributed by atoms with E-state index >= 15 is 0 Å². The second-order valence-electron chi connectivity index (χ2n) is 6.29. The number of H-pyrrole nitrogens is 2. The average molecular weight is 314 g/mol. The van der Waals surface area contributed by atoms with Crippen LogP contribution in [0.5, 0.6) is 0 Å². The number of hydrogen-bond acceptors (Lipinski definition) is 2. The lowest BCUT2D eigenvalue weighted by atomic mass is 9.98. The van der Waals surface area contributed by atoms with Gasteiger partial charge >= 0.3 is 0 Å². The summed E-state index contributed by atoms with van der Waals surface area (Å²) in [6.07, 6.45) is 3.36. The average Bonchev–Trinajstić information content (AvgIpc) is 3.25. The molecule has 0 saturated carbocycles. The van der Waals surface area contributed by atoms with E-state index in [-0.39, 0.29) is 0 Å². The van der Waals surface area contributed by atoms with Crippen LogP contribution in [0.15, 0.2) is 54.6 Å². The zero-order valence-electron chi connectivity index (χ0n) is 13.3. The first-order valence-electron chi connectivity index (χ1n) is 8.35. The molecule has 0 bridgehead atoms. The first kappa shape index (κ1) is 13.6. The molecule has 0 unspecified atom stereocenters. The standard InChI is InChI=1S/C20H18N4/c1-2-4-17-15(3-1)12-19(22-17)20-16-11-14(5-6-18(16)23-24-20)13-7-9-21-10-8-13/h1-7,11-12,21-22H,8-10H2,(H,23,24). The lowest BCUT2D eigenvalue weighted by Gasteiger charge is -2.14. The summed E-state index contributed by atoms with van der Waals surface area (Å²) in [4.78, 5) is 3.48. The molecule has 0 spiro atoms. The van der Waals surface area contributed by atoms with E-state index in [0.717, 1.165) is 41.9 Å². The van der Waals surface area contributed by atoms with Crippen LogP contribution in [-0.2, 0) is 0 Å². The number of aromatic nitrogens is 3. The molecule has 0 radical (unpaired) electrons. The minimum absolute atomic E-state index is 0.952. The number of nitrogens with one attached hydrogen (secondary N) is 3. The monoisotopic (exact) mass is 314 g/mol. The Morgan fingerprint density at radius 3 is 2.79 bits per heavy atom. The summed E-state index contributed by atoms with van der Waals surface area (Å²) < 4.78 is 0. The second-order valence-corrected chi connectivity index (χ2v) is 6.29. The van der Waals surface area contributed by atoms with Gasteiger partial charge in [0, 0.05) is 22.8 Å². The molecule has 2 aromatic carbocycles. The topological polar surface area (TPSA) is 56.5 Å². The normalized spacial score (nSPS) is 15.1. The maximum atomic E-state index is 4.56. The molecule has 0 saturated heterocycles. The summed E-state index contributed by atoms with van der Waals surface area (Å²) in [5.41, 5.74) is 6.96. The van der Waals surface area contributed by atoms with E-state index in [1.165, 1.54) is 21.9 Å². The third kappa shape index (κ3) is 2.15. The van der Waals surface area contributed by atoms with E-state index in [9.17, 15) is 0 Å². The van der Waals surface area contributed by atoms with Crippen LogP contribution in [0.3, 0.4) is 0 Å². The summed E-state index contributed by atoms with van der Waals surface area (Å²) in [5.74, 6) is 0. The van der Waals surface area contributed by atoms with Crippen molar-refractivity contribution in [1.82, 2.24) is 20.5 Å². The van der Waals surface area contributed by atoms with Crippen molar-refractivity contribution in [3.05, 3.63) is 60.2 Å². The summed E-state index contributed by atoms with van der Waals surface area (Å²) in [6, 6.07) is 17.1. The van der Waals surface area contributed by atoms with Gasteiger partial charge in [0.15, 0.2) is 0 Å². The van der Waals surface area contributed by atoms with Crippen molar-refractivity contribution >= 4 is 27.4 Å². The molecule has 1 aliphatic heterocycles. The van der Waals surface area contributed by atoms with Crippen LogP contribution >= 0.6 is 0 Å². The van der Waals surface area contributed by atoms with Crippen LogP contribution in [0, 0.1) is 0 Å². The van der Waals surface area contributed by atoms with E-state index in [1.807, 2.05) is 6.07 Å². The van der Waals surface area contributed by atoms with Gasteiger partial charge in [0.25, 0.3) is 0 Å². The highest BCUT2D eigenvalue weighted by Gasteiger charge is 2.13. The summed E-state index contributed by atoms with van der Waals surface area (Å²) >= 11 is 0. The molecular formula is C20H18N4. The summed E-state index contributed by atoms with van der Waals surface area (Å²) in [6.45, 7) is 2.00. The van der Waals surface area contributed by atoms with Crippen molar-refractivity contribution in [3.63, 3.8) is 0 Å². The Morgan fingerprint density at radius 1 is 0.958 bits per heavy atom. The van der Waals surface area contributed by atoms with Crippen LogP contribution in [-0.4, -0.2) is 28.3 Å². The van der Waals surface area contributed by atoms with Crippen molar-refractivity contribution in [2.75, 3.05) is 13.1 Å². The lowest BCUT2D eigenvalue weighted by Crippen LogP contribution is -2.19. The maximum Gasteiger partial charge on any atom is 0.116 e. The van der Waals surface area contributed by atoms with Crippen LogP contribution in [0.2, 0.25) is 0 Å². The van der Waals surface area contributed by atoms with Gasteiger partial charge in [-0.15, -0.1) is 0 Å². The van der Waals surface area contributed by atoms with Gasteiger partial charge in [0.05, 0.1) is 11.2 Å². The first-order valence-corrected chi connectivity index (χ1v) is 8.35. The number of para-hydroxylation sites is 1. The van der Waals surface area contributed by atoms with Crippen LogP contribution < -0.4 is 5.32 Å². The molecule has 0 amide bonds. The molecule has 1 aliphatic rings. The minimum Gasteiger partial charge on any atom is -0.353 e. The Morgan fingerprint density at radius 2 is 1.92 bits per heavy atom. The molecule has 118 valence electrons. The van der Waals surface area contributed by atoms with Crippen molar-refractivity contribution < 1.29 is 0 Å². The third-order valence-electron chi connectivity index (χ3n) is 4.78. The van der Waals surface area contributed by atoms with Gasteiger partial charge in [-0.25, -0.2) is 0 Å². The molecule has 0 fully saturated rings. The van der Waals surface area contributed by atoms with Gasteiger partial charge < -0.3 is 10.3 Å². The second kappa shape index (κ2) is 5.35. The fourth-order valence-electron chi connectivity index (χ4n) is 3.50. The predicted octanol–water partition coefficient (Wildman–Crippen LogP) is 4.09. The van der Waals surface area contributed by atoms with Crippen molar-refractivity contribution in [2.45, 2.75) is 6.42 Å².